The first-order valence-corrected chi connectivity index (χ1v) is 7.14. The molecule has 1 atom stereocenters. The third kappa shape index (κ3) is 4.69. The minimum absolute atomic E-state index is 0.409. The highest BCUT2D eigenvalue weighted by Crippen LogP contribution is 2.25. The number of ether oxygens (including phenoxy) is 1. The second-order valence-electron chi connectivity index (χ2n) is 4.04. The van der Waals surface area contributed by atoms with Crippen LogP contribution in [0.4, 0.5) is 0 Å². The van der Waals surface area contributed by atoms with Gasteiger partial charge in [0.05, 0.1) is 10.6 Å². The molecule has 0 aliphatic carbocycles. The van der Waals surface area contributed by atoms with Crippen molar-refractivity contribution in [1.29, 1.82) is 0 Å². The average Bonchev–Trinajstić information content (AvgIpc) is 2.81. The number of nitrogens with one attached hydrogen (secondary N) is 1. The lowest BCUT2D eigenvalue weighted by atomic mass is 10.1. The van der Waals surface area contributed by atoms with Gasteiger partial charge in [0.25, 0.3) is 0 Å². The van der Waals surface area contributed by atoms with Crippen molar-refractivity contribution in [3.8, 4) is 0 Å². The van der Waals surface area contributed by atoms with Crippen LogP contribution < -0.4 is 5.32 Å². The van der Waals surface area contributed by atoms with Gasteiger partial charge in [-0.1, -0.05) is 18.3 Å². The molecule has 0 saturated heterocycles. The molecule has 0 saturated carbocycles. The molecule has 1 N–H and O–H groups in total. The van der Waals surface area contributed by atoms with Gasteiger partial charge in [0, 0.05) is 19.8 Å². The lowest BCUT2D eigenvalue weighted by molar-refractivity contribution is 0.191. The molecule has 0 bridgehead atoms. The Kier molecular flexibility index (Phi) is 7.32. The van der Waals surface area contributed by atoms with Crippen molar-refractivity contribution in [1.82, 2.24) is 14.9 Å². The molecule has 0 amide bonds. The summed E-state index contributed by atoms with van der Waals surface area (Å²) in [5.74, 6) is 0. The third-order valence-electron chi connectivity index (χ3n) is 2.78. The molecule has 1 aromatic heterocycles. The Bertz CT molecular complexity index is 304. The monoisotopic (exact) mass is 257 g/mol. The molecular weight excluding hydrogens is 234 g/mol. The van der Waals surface area contributed by atoms with E-state index in [1.54, 1.807) is 7.11 Å². The molecule has 1 unspecified atom stereocenters. The predicted molar refractivity (Wildman–Crippen MR) is 71.4 cm³/mol. The fraction of sp³-hybridized carbons (Fsp3) is 0.833. The summed E-state index contributed by atoms with van der Waals surface area (Å²) in [6.07, 6.45) is 4.39. The zero-order chi connectivity index (χ0) is 12.5. The molecule has 0 spiro atoms. The van der Waals surface area contributed by atoms with Gasteiger partial charge in [-0.15, -0.1) is 5.10 Å². The Morgan fingerprint density at radius 2 is 2.18 bits per heavy atom. The first-order valence-electron chi connectivity index (χ1n) is 6.36. The number of aryl methyl sites for hydroxylation is 1. The maximum atomic E-state index is 5.08. The van der Waals surface area contributed by atoms with Gasteiger partial charge in [-0.05, 0) is 43.8 Å². The highest BCUT2D eigenvalue weighted by atomic mass is 32.1. The zero-order valence-electron chi connectivity index (χ0n) is 11.0. The summed E-state index contributed by atoms with van der Waals surface area (Å²) in [7, 11) is 1.75. The van der Waals surface area contributed by atoms with Crippen LogP contribution in [0.3, 0.4) is 0 Å². The second kappa shape index (κ2) is 8.55. The Balaban J connectivity index is 2.52. The van der Waals surface area contributed by atoms with E-state index in [0.717, 1.165) is 38.1 Å². The minimum Gasteiger partial charge on any atom is -0.385 e. The maximum Gasteiger partial charge on any atom is 0.0800 e. The van der Waals surface area contributed by atoms with E-state index in [9.17, 15) is 0 Å². The average molecular weight is 257 g/mol. The summed E-state index contributed by atoms with van der Waals surface area (Å²) in [5, 5.41) is 7.71. The highest BCUT2D eigenvalue weighted by molar-refractivity contribution is 7.05. The van der Waals surface area contributed by atoms with E-state index in [-0.39, 0.29) is 0 Å². The minimum atomic E-state index is 0.409. The van der Waals surface area contributed by atoms with E-state index in [1.165, 1.54) is 22.8 Å². The first-order chi connectivity index (χ1) is 8.33. The van der Waals surface area contributed by atoms with Crippen LogP contribution in [0.1, 0.15) is 49.7 Å². The molecule has 0 aliphatic rings. The van der Waals surface area contributed by atoms with Crippen molar-refractivity contribution in [2.45, 2.75) is 45.6 Å². The number of aromatic nitrogens is 2. The van der Waals surface area contributed by atoms with E-state index in [1.807, 2.05) is 0 Å². The van der Waals surface area contributed by atoms with Crippen LogP contribution in [0.2, 0.25) is 0 Å². The van der Waals surface area contributed by atoms with Crippen molar-refractivity contribution in [3.05, 3.63) is 10.6 Å². The normalized spacial score (nSPS) is 12.9. The third-order valence-corrected chi connectivity index (χ3v) is 3.66. The summed E-state index contributed by atoms with van der Waals surface area (Å²) in [6.45, 7) is 6.10. The molecule has 5 heteroatoms. The topological polar surface area (TPSA) is 47.0 Å². The van der Waals surface area contributed by atoms with Crippen molar-refractivity contribution in [3.63, 3.8) is 0 Å². The van der Waals surface area contributed by atoms with Gasteiger partial charge in [0.1, 0.15) is 0 Å². The van der Waals surface area contributed by atoms with Gasteiger partial charge < -0.3 is 10.1 Å². The Morgan fingerprint density at radius 1 is 1.35 bits per heavy atom. The molecule has 1 rings (SSSR count). The number of hydrogen-bond donors (Lipinski definition) is 1. The summed E-state index contributed by atoms with van der Waals surface area (Å²) in [4.78, 5) is 1.31. The van der Waals surface area contributed by atoms with Gasteiger partial charge in [-0.2, -0.15) is 0 Å². The van der Waals surface area contributed by atoms with Gasteiger partial charge in [0.2, 0.25) is 0 Å². The van der Waals surface area contributed by atoms with Crippen LogP contribution >= 0.6 is 11.5 Å². The number of rotatable bonds is 9. The van der Waals surface area contributed by atoms with Crippen LogP contribution in [0.25, 0.3) is 0 Å². The molecule has 0 aromatic carbocycles. The molecule has 4 nitrogen and oxygen atoms in total. The van der Waals surface area contributed by atoms with Crippen LogP contribution in [-0.4, -0.2) is 29.8 Å². The molecule has 1 aromatic rings. The predicted octanol–water partition coefficient (Wildman–Crippen LogP) is 2.57. The molecular formula is C12H23N3OS. The molecule has 98 valence electrons. The fourth-order valence-electron chi connectivity index (χ4n) is 1.89. The lowest BCUT2D eigenvalue weighted by Gasteiger charge is -2.16. The molecule has 1 heterocycles. The van der Waals surface area contributed by atoms with Crippen LogP contribution in [0.5, 0.6) is 0 Å². The summed E-state index contributed by atoms with van der Waals surface area (Å²) >= 11 is 1.53. The quantitative estimate of drug-likeness (QED) is 0.691. The number of hydrogen-bond acceptors (Lipinski definition) is 5. The van der Waals surface area contributed by atoms with Gasteiger partial charge in [-0.25, -0.2) is 0 Å². The Hall–Kier alpha value is -0.520. The van der Waals surface area contributed by atoms with Crippen molar-refractivity contribution >= 4 is 11.5 Å². The summed E-state index contributed by atoms with van der Waals surface area (Å²) < 4.78 is 9.14. The van der Waals surface area contributed by atoms with E-state index < -0.39 is 0 Å². The van der Waals surface area contributed by atoms with Crippen molar-refractivity contribution in [2.75, 3.05) is 20.3 Å². The number of methoxy groups -OCH3 is 1. The summed E-state index contributed by atoms with van der Waals surface area (Å²) in [6, 6.07) is 0.409. The van der Waals surface area contributed by atoms with Gasteiger partial charge in [0.15, 0.2) is 0 Å². The fourth-order valence-corrected chi connectivity index (χ4v) is 2.74. The second-order valence-corrected chi connectivity index (χ2v) is 4.82. The van der Waals surface area contributed by atoms with Gasteiger partial charge in [-0.3, -0.25) is 0 Å². The SMILES string of the molecule is CCNC(CCCCOC)c1snnc1CC. The maximum absolute atomic E-state index is 5.08. The van der Waals surface area contributed by atoms with E-state index in [0.29, 0.717) is 6.04 Å². The Labute approximate surface area is 108 Å². The van der Waals surface area contributed by atoms with Crippen molar-refractivity contribution < 1.29 is 4.74 Å². The molecule has 17 heavy (non-hydrogen) atoms. The highest BCUT2D eigenvalue weighted by Gasteiger charge is 2.16. The lowest BCUT2D eigenvalue weighted by Crippen LogP contribution is -2.21. The summed E-state index contributed by atoms with van der Waals surface area (Å²) in [5.41, 5.74) is 1.15. The van der Waals surface area contributed by atoms with E-state index in [4.69, 9.17) is 4.74 Å². The number of unbranched alkanes of at least 4 members (excludes halogenated alkanes) is 1. The Morgan fingerprint density at radius 3 is 2.82 bits per heavy atom. The van der Waals surface area contributed by atoms with Crippen LogP contribution in [0.15, 0.2) is 0 Å². The van der Waals surface area contributed by atoms with Crippen LogP contribution in [0, 0.1) is 0 Å². The smallest absolute Gasteiger partial charge is 0.0800 e. The molecule has 0 radical (unpaired) electrons. The van der Waals surface area contributed by atoms with E-state index in [2.05, 4.69) is 28.8 Å². The van der Waals surface area contributed by atoms with Crippen LogP contribution in [-0.2, 0) is 11.2 Å². The van der Waals surface area contributed by atoms with Gasteiger partial charge >= 0.3 is 0 Å². The number of nitrogens with zero attached hydrogens (tertiary/aromatic N) is 2. The largest absolute Gasteiger partial charge is 0.385 e. The zero-order valence-corrected chi connectivity index (χ0v) is 11.8. The molecule has 0 fully saturated rings. The first kappa shape index (κ1) is 14.5. The standard InChI is InChI=1S/C12H23N3OS/c1-4-10-12(17-15-14-10)11(13-5-2)8-6-7-9-16-3/h11,13H,4-9H2,1-3H3. The van der Waals surface area contributed by atoms with Crippen molar-refractivity contribution in [2.24, 2.45) is 0 Å². The van der Waals surface area contributed by atoms with E-state index >= 15 is 0 Å². The molecule has 0 aliphatic heterocycles.